The van der Waals surface area contributed by atoms with Gasteiger partial charge < -0.3 is 5.32 Å². The molecule has 0 radical (unpaired) electrons. The maximum atomic E-state index is 11.6. The van der Waals surface area contributed by atoms with Crippen molar-refractivity contribution in [2.24, 2.45) is 5.92 Å². The van der Waals surface area contributed by atoms with Crippen LogP contribution in [-0.4, -0.2) is 33.0 Å². The lowest BCUT2D eigenvalue weighted by atomic mass is 9.93. The topological polar surface area (TPSA) is 46.2 Å². The molecule has 2 unspecified atom stereocenters. The Morgan fingerprint density at radius 3 is 2.47 bits per heavy atom. The van der Waals surface area contributed by atoms with Crippen LogP contribution in [0.1, 0.15) is 12.0 Å². The van der Waals surface area contributed by atoms with Crippen LogP contribution in [0.4, 0.5) is 0 Å². The van der Waals surface area contributed by atoms with Crippen LogP contribution in [0.5, 0.6) is 0 Å². The van der Waals surface area contributed by atoms with Gasteiger partial charge in [-0.15, -0.1) is 0 Å². The molecule has 1 N–H and O–H groups in total. The summed E-state index contributed by atoms with van der Waals surface area (Å²) in [6, 6.07) is 5.50. The van der Waals surface area contributed by atoms with Gasteiger partial charge in [0.05, 0.1) is 11.5 Å². The van der Waals surface area contributed by atoms with Crippen molar-refractivity contribution in [2.75, 3.05) is 18.6 Å². The minimum absolute atomic E-state index is 0.0784. The first-order chi connectivity index (χ1) is 8.93. The summed E-state index contributed by atoms with van der Waals surface area (Å²) in [5.74, 6) is 0.662. The molecular weight excluding hydrogens is 305 g/mol. The zero-order chi connectivity index (χ0) is 14.0. The van der Waals surface area contributed by atoms with E-state index in [1.807, 2.05) is 13.1 Å². The number of nitrogens with one attached hydrogen (secondary N) is 1. The minimum atomic E-state index is -2.87. The zero-order valence-corrected chi connectivity index (χ0v) is 13.0. The molecule has 1 fully saturated rings. The maximum Gasteiger partial charge on any atom is 0.150 e. The highest BCUT2D eigenvalue weighted by molar-refractivity contribution is 7.91. The molecule has 19 heavy (non-hydrogen) atoms. The normalized spacial score (nSPS) is 23.4. The summed E-state index contributed by atoms with van der Waals surface area (Å²) in [6.07, 6.45) is 1.35. The fourth-order valence-electron chi connectivity index (χ4n) is 2.59. The molecule has 1 aromatic carbocycles. The molecule has 1 saturated heterocycles. The van der Waals surface area contributed by atoms with Gasteiger partial charge in [0.25, 0.3) is 0 Å². The summed E-state index contributed by atoms with van der Waals surface area (Å²) in [4.78, 5) is 0. The van der Waals surface area contributed by atoms with Gasteiger partial charge in [0, 0.05) is 16.1 Å². The summed E-state index contributed by atoms with van der Waals surface area (Å²) < 4.78 is 23.1. The molecule has 1 aromatic rings. The molecule has 2 atom stereocenters. The van der Waals surface area contributed by atoms with Crippen molar-refractivity contribution < 1.29 is 8.42 Å². The van der Waals surface area contributed by atoms with Crippen molar-refractivity contribution in [3.8, 4) is 0 Å². The fourth-order valence-corrected chi connectivity index (χ4v) is 5.02. The molecule has 0 spiro atoms. The number of sulfone groups is 1. The quantitative estimate of drug-likeness (QED) is 0.927. The Morgan fingerprint density at radius 1 is 1.37 bits per heavy atom. The van der Waals surface area contributed by atoms with Crippen molar-refractivity contribution in [1.29, 1.82) is 0 Å². The summed E-state index contributed by atoms with van der Waals surface area (Å²) in [7, 11) is -1.02. The Bertz CT molecular complexity index is 540. The number of benzene rings is 1. The van der Waals surface area contributed by atoms with Crippen LogP contribution in [0.25, 0.3) is 0 Å². The number of likely N-dealkylation sites (N-methyl/N-ethyl adjacent to an activating group) is 1. The summed E-state index contributed by atoms with van der Waals surface area (Å²) in [6.45, 7) is 0. The van der Waals surface area contributed by atoms with Gasteiger partial charge in [-0.1, -0.05) is 29.3 Å². The first-order valence-electron chi connectivity index (χ1n) is 6.23. The molecule has 0 amide bonds. The van der Waals surface area contributed by atoms with Crippen LogP contribution < -0.4 is 5.32 Å². The van der Waals surface area contributed by atoms with Crippen molar-refractivity contribution >= 4 is 33.0 Å². The van der Waals surface area contributed by atoms with Crippen LogP contribution in [-0.2, 0) is 16.3 Å². The van der Waals surface area contributed by atoms with Gasteiger partial charge in [0.1, 0.15) is 0 Å². The molecule has 106 valence electrons. The third kappa shape index (κ3) is 3.63. The second-order valence-electron chi connectivity index (χ2n) is 4.96. The van der Waals surface area contributed by atoms with Crippen molar-refractivity contribution in [1.82, 2.24) is 5.32 Å². The number of hydrogen-bond acceptors (Lipinski definition) is 3. The molecule has 0 saturated carbocycles. The summed E-state index contributed by atoms with van der Waals surface area (Å²) in [5, 5.41) is 4.47. The Labute approximate surface area is 124 Å². The van der Waals surface area contributed by atoms with E-state index in [-0.39, 0.29) is 23.5 Å². The highest BCUT2D eigenvalue weighted by Crippen LogP contribution is 2.29. The van der Waals surface area contributed by atoms with Crippen molar-refractivity contribution in [2.45, 2.75) is 18.9 Å². The molecule has 3 nitrogen and oxygen atoms in total. The third-order valence-corrected chi connectivity index (χ3v) is 6.20. The van der Waals surface area contributed by atoms with Gasteiger partial charge in [-0.3, -0.25) is 0 Å². The van der Waals surface area contributed by atoms with Crippen LogP contribution in [0.3, 0.4) is 0 Å². The number of rotatable bonds is 4. The monoisotopic (exact) mass is 321 g/mol. The van der Waals surface area contributed by atoms with E-state index in [1.165, 1.54) is 0 Å². The lowest BCUT2D eigenvalue weighted by Gasteiger charge is -2.23. The predicted molar refractivity (Wildman–Crippen MR) is 79.8 cm³/mol. The Hall–Kier alpha value is -0.290. The van der Waals surface area contributed by atoms with Crippen LogP contribution >= 0.6 is 23.2 Å². The average Bonchev–Trinajstić information content (AvgIpc) is 2.69. The SMILES string of the molecule is CNC(Cc1c(Cl)cccc1Cl)C1CCS(=O)(=O)C1. The van der Waals surface area contributed by atoms with E-state index in [0.29, 0.717) is 22.9 Å². The molecule has 0 aliphatic carbocycles. The lowest BCUT2D eigenvalue weighted by Crippen LogP contribution is -2.36. The summed E-state index contributed by atoms with van der Waals surface area (Å²) in [5.41, 5.74) is 0.884. The minimum Gasteiger partial charge on any atom is -0.316 e. The molecule has 6 heteroatoms. The van der Waals surface area contributed by atoms with Crippen LogP contribution in [0, 0.1) is 5.92 Å². The smallest absolute Gasteiger partial charge is 0.150 e. The highest BCUT2D eigenvalue weighted by atomic mass is 35.5. The third-order valence-electron chi connectivity index (χ3n) is 3.69. The predicted octanol–water partition coefficient (Wildman–Crippen LogP) is 2.56. The van der Waals surface area contributed by atoms with E-state index >= 15 is 0 Å². The fraction of sp³-hybridized carbons (Fsp3) is 0.538. The van der Waals surface area contributed by atoms with E-state index in [2.05, 4.69) is 5.32 Å². The zero-order valence-electron chi connectivity index (χ0n) is 10.7. The highest BCUT2D eigenvalue weighted by Gasteiger charge is 2.33. The molecule has 2 rings (SSSR count). The molecule has 0 aromatic heterocycles. The van der Waals surface area contributed by atoms with Gasteiger partial charge in [0.15, 0.2) is 9.84 Å². The van der Waals surface area contributed by atoms with Crippen LogP contribution in [0.15, 0.2) is 18.2 Å². The van der Waals surface area contributed by atoms with Gasteiger partial charge in [0.2, 0.25) is 0 Å². The Kier molecular flexibility index (Phi) is 4.77. The van der Waals surface area contributed by atoms with Crippen molar-refractivity contribution in [3.63, 3.8) is 0 Å². The Morgan fingerprint density at radius 2 is 2.00 bits per heavy atom. The molecule has 1 aliphatic rings. The van der Waals surface area contributed by atoms with Crippen LogP contribution in [0.2, 0.25) is 10.0 Å². The van der Waals surface area contributed by atoms with Gasteiger partial charge >= 0.3 is 0 Å². The van der Waals surface area contributed by atoms with E-state index < -0.39 is 9.84 Å². The van der Waals surface area contributed by atoms with E-state index in [4.69, 9.17) is 23.2 Å². The van der Waals surface area contributed by atoms with Crippen molar-refractivity contribution in [3.05, 3.63) is 33.8 Å². The largest absolute Gasteiger partial charge is 0.316 e. The molecule has 1 aliphatic heterocycles. The lowest BCUT2D eigenvalue weighted by molar-refractivity contribution is 0.403. The van der Waals surface area contributed by atoms with E-state index in [1.54, 1.807) is 12.1 Å². The van der Waals surface area contributed by atoms with E-state index in [9.17, 15) is 8.42 Å². The average molecular weight is 322 g/mol. The number of halogens is 2. The Balaban J connectivity index is 2.16. The second-order valence-corrected chi connectivity index (χ2v) is 8.01. The number of hydrogen-bond donors (Lipinski definition) is 1. The van der Waals surface area contributed by atoms with E-state index in [0.717, 1.165) is 5.56 Å². The first kappa shape index (κ1) is 15.1. The summed E-state index contributed by atoms with van der Waals surface area (Å²) >= 11 is 12.3. The van der Waals surface area contributed by atoms with Gasteiger partial charge in [-0.2, -0.15) is 0 Å². The maximum absolute atomic E-state index is 11.6. The molecule has 1 heterocycles. The second kappa shape index (κ2) is 6.00. The molecule has 0 bridgehead atoms. The van der Waals surface area contributed by atoms with Gasteiger partial charge in [-0.25, -0.2) is 8.42 Å². The standard InChI is InChI=1S/C13H17Cl2NO2S/c1-16-13(9-5-6-19(17,18)8-9)7-10-11(14)3-2-4-12(10)15/h2-4,9,13,16H,5-8H2,1H3. The van der Waals surface area contributed by atoms with Gasteiger partial charge in [-0.05, 0) is 43.5 Å². The first-order valence-corrected chi connectivity index (χ1v) is 8.81. The molecular formula is C13H17Cl2NO2S.